The van der Waals surface area contributed by atoms with E-state index >= 15 is 0 Å². The van der Waals surface area contributed by atoms with Crippen molar-refractivity contribution in [2.45, 2.75) is 9.79 Å². The highest BCUT2D eigenvalue weighted by atomic mass is 32.2. The smallest absolute Gasteiger partial charge is 0.286 e. The number of nitrogens with zero attached hydrogens (tertiary/aromatic N) is 1. The molecule has 2 rings (SSSR count). The van der Waals surface area contributed by atoms with Crippen molar-refractivity contribution in [1.29, 1.82) is 0 Å². The predicted molar refractivity (Wildman–Crippen MR) is 88.6 cm³/mol. The van der Waals surface area contributed by atoms with Gasteiger partial charge in [0.2, 0.25) is 0 Å². The number of anilines is 1. The number of para-hydroxylation sites is 1. The lowest BCUT2D eigenvalue weighted by Gasteiger charge is -2.14. The number of rotatable bonds is 4. The number of thioether (sulfide) groups is 1. The lowest BCUT2D eigenvalue weighted by atomic mass is 10.3. The Balaban J connectivity index is 2.29. The van der Waals surface area contributed by atoms with Gasteiger partial charge in [0.05, 0.1) is 10.6 Å². The minimum absolute atomic E-state index is 0.0577. The van der Waals surface area contributed by atoms with Gasteiger partial charge in [-0.1, -0.05) is 12.1 Å². The quantitative estimate of drug-likeness (QED) is 0.855. The van der Waals surface area contributed by atoms with Crippen LogP contribution in [-0.4, -0.2) is 32.7 Å². The van der Waals surface area contributed by atoms with E-state index in [1.165, 1.54) is 17.0 Å². The van der Waals surface area contributed by atoms with Gasteiger partial charge in [-0.2, -0.15) is 0 Å². The van der Waals surface area contributed by atoms with E-state index in [-0.39, 0.29) is 15.8 Å². The molecule has 0 fully saturated rings. The van der Waals surface area contributed by atoms with E-state index in [0.717, 1.165) is 23.9 Å². The fourth-order valence-electron chi connectivity index (χ4n) is 1.64. The number of carbonyl (C=O) groups is 1. The molecule has 0 aliphatic rings. The molecule has 0 bridgehead atoms. The Kier molecular flexibility index (Phi) is 5.27. The van der Waals surface area contributed by atoms with Crippen molar-refractivity contribution in [3.8, 4) is 0 Å². The topological polar surface area (TPSA) is 66.5 Å². The molecule has 2 aromatic rings. The molecule has 0 spiro atoms. The van der Waals surface area contributed by atoms with Gasteiger partial charge < -0.3 is 4.90 Å². The third-order valence-corrected chi connectivity index (χ3v) is 5.31. The normalized spacial score (nSPS) is 11.1. The maximum Gasteiger partial charge on any atom is 0.286 e. The van der Waals surface area contributed by atoms with Crippen LogP contribution in [0.4, 0.5) is 14.9 Å². The molecular formula is C15H15FN2O3S2. The molecule has 23 heavy (non-hydrogen) atoms. The Labute approximate surface area is 138 Å². The minimum atomic E-state index is -3.86. The summed E-state index contributed by atoms with van der Waals surface area (Å²) < 4.78 is 40.0. The van der Waals surface area contributed by atoms with E-state index in [1.54, 1.807) is 38.4 Å². The standard InChI is InChI=1S/C15H15FN2O3S2/c1-18(2)15(19)22-14-6-4-3-5-13(14)17-23(20,21)12-9-7-11(16)8-10-12/h3-10,17H,1-2H3. The van der Waals surface area contributed by atoms with E-state index < -0.39 is 15.8 Å². The van der Waals surface area contributed by atoms with Crippen molar-refractivity contribution in [2.75, 3.05) is 18.8 Å². The molecule has 5 nitrogen and oxygen atoms in total. The van der Waals surface area contributed by atoms with Crippen LogP contribution in [0.1, 0.15) is 0 Å². The number of hydrogen-bond acceptors (Lipinski definition) is 4. The summed E-state index contributed by atoms with van der Waals surface area (Å²) in [6.45, 7) is 0. The molecule has 0 atom stereocenters. The Morgan fingerprint density at radius 3 is 2.30 bits per heavy atom. The number of amides is 1. The molecule has 0 aliphatic heterocycles. The van der Waals surface area contributed by atoms with Gasteiger partial charge in [-0.15, -0.1) is 0 Å². The molecule has 0 radical (unpaired) electrons. The summed E-state index contributed by atoms with van der Waals surface area (Å²) in [6.07, 6.45) is 0. The second-order valence-electron chi connectivity index (χ2n) is 4.82. The monoisotopic (exact) mass is 354 g/mol. The zero-order chi connectivity index (χ0) is 17.0. The van der Waals surface area contributed by atoms with Gasteiger partial charge in [0.15, 0.2) is 0 Å². The van der Waals surface area contributed by atoms with E-state index in [1.807, 2.05) is 0 Å². The summed E-state index contributed by atoms with van der Waals surface area (Å²) in [5.41, 5.74) is 0.289. The third-order valence-electron chi connectivity index (χ3n) is 2.82. The van der Waals surface area contributed by atoms with E-state index in [2.05, 4.69) is 4.72 Å². The van der Waals surface area contributed by atoms with Gasteiger partial charge in [0.1, 0.15) is 5.82 Å². The van der Waals surface area contributed by atoms with Crippen LogP contribution >= 0.6 is 11.8 Å². The zero-order valence-electron chi connectivity index (χ0n) is 12.5. The molecular weight excluding hydrogens is 339 g/mol. The van der Waals surface area contributed by atoms with E-state index in [0.29, 0.717) is 4.90 Å². The van der Waals surface area contributed by atoms with Crippen molar-refractivity contribution < 1.29 is 17.6 Å². The van der Waals surface area contributed by atoms with Crippen molar-refractivity contribution >= 4 is 32.7 Å². The Morgan fingerprint density at radius 1 is 1.09 bits per heavy atom. The first kappa shape index (κ1) is 17.3. The van der Waals surface area contributed by atoms with Crippen molar-refractivity contribution in [2.24, 2.45) is 0 Å². The van der Waals surface area contributed by atoms with Gasteiger partial charge in [-0.25, -0.2) is 12.8 Å². The molecule has 1 N–H and O–H groups in total. The first-order valence-corrected chi connectivity index (χ1v) is 8.86. The van der Waals surface area contributed by atoms with Gasteiger partial charge in [0, 0.05) is 19.0 Å². The summed E-state index contributed by atoms with van der Waals surface area (Å²) in [7, 11) is -0.640. The average Bonchev–Trinajstić information content (AvgIpc) is 2.49. The number of nitrogens with one attached hydrogen (secondary N) is 1. The highest BCUT2D eigenvalue weighted by Gasteiger charge is 2.17. The summed E-state index contributed by atoms with van der Waals surface area (Å²) in [4.78, 5) is 13.6. The van der Waals surface area contributed by atoms with Crippen LogP contribution in [-0.2, 0) is 10.0 Å². The number of hydrogen-bond donors (Lipinski definition) is 1. The summed E-state index contributed by atoms with van der Waals surface area (Å²) in [6, 6.07) is 11.1. The highest BCUT2D eigenvalue weighted by molar-refractivity contribution is 8.13. The number of halogens is 1. The van der Waals surface area contributed by atoms with E-state index in [4.69, 9.17) is 0 Å². The van der Waals surface area contributed by atoms with Crippen LogP contribution in [0.5, 0.6) is 0 Å². The molecule has 122 valence electrons. The van der Waals surface area contributed by atoms with Gasteiger partial charge in [0.25, 0.3) is 15.3 Å². The van der Waals surface area contributed by atoms with Gasteiger partial charge in [-0.3, -0.25) is 9.52 Å². The maximum atomic E-state index is 12.9. The van der Waals surface area contributed by atoms with Crippen LogP contribution in [0.3, 0.4) is 0 Å². The van der Waals surface area contributed by atoms with Crippen molar-refractivity contribution in [3.63, 3.8) is 0 Å². The van der Waals surface area contributed by atoms with Crippen LogP contribution in [0.25, 0.3) is 0 Å². The molecule has 2 aromatic carbocycles. The molecule has 0 aromatic heterocycles. The van der Waals surface area contributed by atoms with Crippen molar-refractivity contribution in [3.05, 3.63) is 54.3 Å². The summed E-state index contributed by atoms with van der Waals surface area (Å²) in [5.74, 6) is -0.517. The second-order valence-corrected chi connectivity index (χ2v) is 7.49. The Morgan fingerprint density at radius 2 is 1.70 bits per heavy atom. The first-order valence-electron chi connectivity index (χ1n) is 6.56. The highest BCUT2D eigenvalue weighted by Crippen LogP contribution is 2.30. The molecule has 0 saturated carbocycles. The Bertz CT molecular complexity index is 806. The minimum Gasteiger partial charge on any atom is -0.339 e. The molecule has 0 unspecified atom stereocenters. The Hall–Kier alpha value is -2.06. The first-order chi connectivity index (χ1) is 10.8. The third kappa shape index (κ3) is 4.46. The molecule has 0 saturated heterocycles. The van der Waals surface area contributed by atoms with Crippen molar-refractivity contribution in [1.82, 2.24) is 4.90 Å². The molecule has 0 heterocycles. The lowest BCUT2D eigenvalue weighted by molar-refractivity contribution is 0.241. The lowest BCUT2D eigenvalue weighted by Crippen LogP contribution is -2.17. The predicted octanol–water partition coefficient (Wildman–Crippen LogP) is 3.40. The number of benzene rings is 2. The van der Waals surface area contributed by atoms with Crippen LogP contribution in [0.2, 0.25) is 0 Å². The average molecular weight is 354 g/mol. The SMILES string of the molecule is CN(C)C(=O)Sc1ccccc1NS(=O)(=O)c1ccc(F)cc1. The fourth-order valence-corrected chi connectivity index (χ4v) is 3.53. The molecule has 0 aliphatic carbocycles. The van der Waals surface area contributed by atoms with Crippen LogP contribution in [0.15, 0.2) is 58.3 Å². The van der Waals surface area contributed by atoms with E-state index in [9.17, 15) is 17.6 Å². The second kappa shape index (κ2) is 7.01. The fraction of sp³-hybridized carbons (Fsp3) is 0.133. The largest absolute Gasteiger partial charge is 0.339 e. The maximum absolute atomic E-state index is 12.9. The number of carbonyl (C=O) groups excluding carboxylic acids is 1. The molecule has 8 heteroatoms. The summed E-state index contributed by atoms with van der Waals surface area (Å²) in [5, 5.41) is -0.224. The number of sulfonamides is 1. The summed E-state index contributed by atoms with van der Waals surface area (Å²) >= 11 is 0.917. The van der Waals surface area contributed by atoms with Gasteiger partial charge >= 0.3 is 0 Å². The van der Waals surface area contributed by atoms with Gasteiger partial charge in [-0.05, 0) is 48.2 Å². The molecule has 1 amide bonds. The zero-order valence-corrected chi connectivity index (χ0v) is 14.1. The van der Waals surface area contributed by atoms with Crippen LogP contribution in [0, 0.1) is 5.82 Å². The van der Waals surface area contributed by atoms with Crippen LogP contribution < -0.4 is 4.72 Å².